The molecule has 32 heavy (non-hydrogen) atoms. The summed E-state index contributed by atoms with van der Waals surface area (Å²) in [6.45, 7) is 6.47. The van der Waals surface area contributed by atoms with Crippen LogP contribution in [0.3, 0.4) is 0 Å². The van der Waals surface area contributed by atoms with Crippen LogP contribution in [0.5, 0.6) is 0 Å². The van der Waals surface area contributed by atoms with Crippen molar-refractivity contribution in [2.75, 3.05) is 49.5 Å². The number of anilines is 2. The number of rotatable bonds is 6. The quantitative estimate of drug-likeness (QED) is 0.724. The first-order valence-corrected chi connectivity index (χ1v) is 12.8. The van der Waals surface area contributed by atoms with Gasteiger partial charge in [-0.25, -0.2) is 8.42 Å². The van der Waals surface area contributed by atoms with Gasteiger partial charge in [-0.1, -0.05) is 24.6 Å². The van der Waals surface area contributed by atoms with E-state index in [1.54, 1.807) is 28.6 Å². The molecule has 2 fully saturated rings. The summed E-state index contributed by atoms with van der Waals surface area (Å²) in [6, 6.07) is 16.6. The Balaban J connectivity index is 1.32. The summed E-state index contributed by atoms with van der Waals surface area (Å²) >= 11 is 0. The number of carbonyl (C=O) groups is 1. The van der Waals surface area contributed by atoms with E-state index in [2.05, 4.69) is 27.2 Å². The molecule has 7 nitrogen and oxygen atoms in total. The van der Waals surface area contributed by atoms with Crippen LogP contribution in [0.1, 0.15) is 26.2 Å². The number of piperidine rings is 1. The van der Waals surface area contributed by atoms with Gasteiger partial charge in [0.15, 0.2) is 0 Å². The fourth-order valence-corrected chi connectivity index (χ4v) is 5.90. The van der Waals surface area contributed by atoms with Crippen LogP contribution in [0.15, 0.2) is 59.5 Å². The molecule has 0 bridgehead atoms. The minimum absolute atomic E-state index is 0.0789. The van der Waals surface area contributed by atoms with Gasteiger partial charge in [0.1, 0.15) is 0 Å². The second-order valence-corrected chi connectivity index (χ2v) is 10.5. The van der Waals surface area contributed by atoms with Crippen LogP contribution in [0.25, 0.3) is 0 Å². The largest absolute Gasteiger partial charge is 0.369 e. The zero-order valence-electron chi connectivity index (χ0n) is 18.6. The highest BCUT2D eigenvalue weighted by molar-refractivity contribution is 7.89. The molecule has 0 saturated carbocycles. The van der Waals surface area contributed by atoms with Crippen molar-refractivity contribution in [2.24, 2.45) is 0 Å². The lowest BCUT2D eigenvalue weighted by Crippen LogP contribution is -2.52. The third kappa shape index (κ3) is 5.14. The lowest BCUT2D eigenvalue weighted by molar-refractivity contribution is -0.120. The minimum atomic E-state index is -3.46. The van der Waals surface area contributed by atoms with Crippen LogP contribution in [-0.2, 0) is 14.8 Å². The molecule has 2 aromatic carbocycles. The highest BCUT2D eigenvalue weighted by atomic mass is 32.2. The van der Waals surface area contributed by atoms with Gasteiger partial charge in [0.05, 0.1) is 10.9 Å². The summed E-state index contributed by atoms with van der Waals surface area (Å²) in [5, 5.41) is 2.94. The van der Waals surface area contributed by atoms with Crippen molar-refractivity contribution in [3.05, 3.63) is 54.6 Å². The SMILES string of the molecule is C[C@H](C(=O)Nc1ccc(S(=O)(=O)N2CCCCC2)cc1)N1CCN(c2ccccc2)CC1. The number of nitrogens with zero attached hydrogens (tertiary/aromatic N) is 3. The van der Waals surface area contributed by atoms with Crippen molar-refractivity contribution in [3.8, 4) is 0 Å². The number of amides is 1. The van der Waals surface area contributed by atoms with Gasteiger partial charge in [-0.2, -0.15) is 4.31 Å². The topological polar surface area (TPSA) is 73.0 Å². The summed E-state index contributed by atoms with van der Waals surface area (Å²) in [7, 11) is -3.46. The summed E-state index contributed by atoms with van der Waals surface area (Å²) in [5.74, 6) is -0.0789. The van der Waals surface area contributed by atoms with Crippen molar-refractivity contribution in [1.82, 2.24) is 9.21 Å². The van der Waals surface area contributed by atoms with E-state index in [4.69, 9.17) is 0 Å². The summed E-state index contributed by atoms with van der Waals surface area (Å²) < 4.78 is 27.1. The third-order valence-corrected chi connectivity index (χ3v) is 8.35. The minimum Gasteiger partial charge on any atom is -0.369 e. The predicted molar refractivity (Wildman–Crippen MR) is 127 cm³/mol. The fourth-order valence-electron chi connectivity index (χ4n) is 4.38. The molecule has 2 saturated heterocycles. The third-order valence-electron chi connectivity index (χ3n) is 6.44. The molecule has 0 aliphatic carbocycles. The van der Waals surface area contributed by atoms with Crippen LogP contribution < -0.4 is 10.2 Å². The zero-order chi connectivity index (χ0) is 22.6. The van der Waals surface area contributed by atoms with E-state index in [9.17, 15) is 13.2 Å². The molecular formula is C24H32N4O3S. The molecule has 2 aliphatic heterocycles. The number of para-hydroxylation sites is 1. The molecule has 172 valence electrons. The van der Waals surface area contributed by atoms with Crippen LogP contribution in [-0.4, -0.2) is 68.8 Å². The molecule has 1 atom stereocenters. The maximum atomic E-state index is 12.8. The predicted octanol–water partition coefficient (Wildman–Crippen LogP) is 3.01. The number of benzene rings is 2. The lowest BCUT2D eigenvalue weighted by Gasteiger charge is -2.38. The first kappa shape index (κ1) is 22.8. The van der Waals surface area contributed by atoms with Gasteiger partial charge in [0.2, 0.25) is 15.9 Å². The summed E-state index contributed by atoms with van der Waals surface area (Å²) in [4.78, 5) is 17.6. The van der Waals surface area contributed by atoms with Gasteiger partial charge in [0.25, 0.3) is 0 Å². The monoisotopic (exact) mass is 456 g/mol. The number of hydrogen-bond donors (Lipinski definition) is 1. The number of hydrogen-bond acceptors (Lipinski definition) is 5. The highest BCUT2D eigenvalue weighted by Crippen LogP contribution is 2.22. The van der Waals surface area contributed by atoms with Gasteiger partial charge >= 0.3 is 0 Å². The summed E-state index contributed by atoms with van der Waals surface area (Å²) in [6.07, 6.45) is 2.90. The Labute approximate surface area is 191 Å². The maximum Gasteiger partial charge on any atom is 0.243 e. The average molecular weight is 457 g/mol. The zero-order valence-corrected chi connectivity index (χ0v) is 19.4. The second kappa shape index (κ2) is 10.0. The van der Waals surface area contributed by atoms with Gasteiger partial charge in [-0.15, -0.1) is 0 Å². The molecule has 1 amide bonds. The fraction of sp³-hybridized carbons (Fsp3) is 0.458. The van der Waals surface area contributed by atoms with Gasteiger partial charge < -0.3 is 10.2 Å². The van der Waals surface area contributed by atoms with Crippen LogP contribution in [0, 0.1) is 0 Å². The molecule has 1 N–H and O–H groups in total. The maximum absolute atomic E-state index is 12.8. The molecule has 4 rings (SSSR count). The average Bonchev–Trinajstić information content (AvgIpc) is 2.85. The Hall–Kier alpha value is -2.42. The normalized spacial score (nSPS) is 19.5. The molecule has 0 radical (unpaired) electrons. The Morgan fingerprint density at radius 1 is 0.844 bits per heavy atom. The van der Waals surface area contributed by atoms with E-state index in [-0.39, 0.29) is 16.8 Å². The first-order valence-electron chi connectivity index (χ1n) is 11.4. The number of nitrogens with one attached hydrogen (secondary N) is 1. The van der Waals surface area contributed by atoms with E-state index in [1.165, 1.54) is 5.69 Å². The van der Waals surface area contributed by atoms with Crippen LogP contribution in [0.2, 0.25) is 0 Å². The lowest BCUT2D eigenvalue weighted by atomic mass is 10.2. The Morgan fingerprint density at radius 2 is 1.47 bits per heavy atom. The molecule has 2 aromatic rings. The van der Waals surface area contributed by atoms with E-state index < -0.39 is 10.0 Å². The Bertz CT molecular complexity index is 997. The number of piperazine rings is 1. The van der Waals surface area contributed by atoms with Crippen LogP contribution in [0.4, 0.5) is 11.4 Å². The van der Waals surface area contributed by atoms with Crippen molar-refractivity contribution in [1.29, 1.82) is 0 Å². The first-order chi connectivity index (χ1) is 15.4. The summed E-state index contributed by atoms with van der Waals surface area (Å²) in [5.41, 5.74) is 1.83. The number of sulfonamides is 1. The highest BCUT2D eigenvalue weighted by Gasteiger charge is 2.27. The van der Waals surface area contributed by atoms with Crippen molar-refractivity contribution in [3.63, 3.8) is 0 Å². The standard InChI is InChI=1S/C24H32N4O3S/c1-20(26-16-18-27(19-17-26)22-8-4-2-5-9-22)24(29)25-21-10-12-23(13-11-21)32(30,31)28-14-6-3-7-15-28/h2,4-5,8-13,20H,3,6-7,14-19H2,1H3,(H,25,29)/t20-/m1/s1. The van der Waals surface area contributed by atoms with E-state index in [0.29, 0.717) is 18.8 Å². The second-order valence-electron chi connectivity index (χ2n) is 8.51. The van der Waals surface area contributed by atoms with E-state index >= 15 is 0 Å². The Kier molecular flexibility index (Phi) is 7.13. The van der Waals surface area contributed by atoms with Gasteiger partial charge in [0, 0.05) is 50.6 Å². The molecule has 2 aliphatic rings. The molecular weight excluding hydrogens is 424 g/mol. The smallest absolute Gasteiger partial charge is 0.243 e. The molecule has 8 heteroatoms. The molecule has 2 heterocycles. The van der Waals surface area contributed by atoms with Crippen LogP contribution >= 0.6 is 0 Å². The molecule has 0 unspecified atom stereocenters. The van der Waals surface area contributed by atoms with Gasteiger partial charge in [-0.3, -0.25) is 9.69 Å². The number of carbonyl (C=O) groups excluding carboxylic acids is 1. The molecule has 0 aromatic heterocycles. The Morgan fingerprint density at radius 3 is 2.09 bits per heavy atom. The van der Waals surface area contributed by atoms with Crippen molar-refractivity contribution < 1.29 is 13.2 Å². The van der Waals surface area contributed by atoms with E-state index in [0.717, 1.165) is 45.4 Å². The van der Waals surface area contributed by atoms with Gasteiger partial charge in [-0.05, 0) is 56.2 Å². The van der Waals surface area contributed by atoms with E-state index in [1.807, 2.05) is 25.1 Å². The van der Waals surface area contributed by atoms with Crippen molar-refractivity contribution >= 4 is 27.3 Å². The van der Waals surface area contributed by atoms with Crippen molar-refractivity contribution in [2.45, 2.75) is 37.1 Å². The molecule has 0 spiro atoms.